The van der Waals surface area contributed by atoms with Gasteiger partial charge in [0.05, 0.1) is 18.8 Å². The molecule has 7 nitrogen and oxygen atoms in total. The highest BCUT2D eigenvalue weighted by Crippen LogP contribution is 2.38. The minimum atomic E-state index is -1.82. The predicted molar refractivity (Wildman–Crippen MR) is 84.2 cm³/mol. The first-order valence-electron chi connectivity index (χ1n) is 7.81. The number of aliphatic hydroxyl groups is 1. The first kappa shape index (κ1) is 19.6. The van der Waals surface area contributed by atoms with Gasteiger partial charge in [-0.3, -0.25) is 4.90 Å². The maximum absolute atomic E-state index is 10.6. The lowest BCUT2D eigenvalue weighted by Crippen LogP contribution is -2.57. The summed E-state index contributed by atoms with van der Waals surface area (Å²) in [5.74, 6) is -3.08. The van der Waals surface area contributed by atoms with Crippen molar-refractivity contribution < 1.29 is 29.6 Å². The number of allylic oxidation sites excluding steroid dienone is 1. The zero-order valence-electron chi connectivity index (χ0n) is 13.8. The number of rotatable bonds is 2. The van der Waals surface area contributed by atoms with E-state index in [1.165, 1.54) is 5.57 Å². The molecule has 132 valence electrons. The Kier molecular flexibility index (Phi) is 7.18. The van der Waals surface area contributed by atoms with Crippen molar-refractivity contribution in [2.75, 3.05) is 26.3 Å². The molecule has 0 spiro atoms. The first-order chi connectivity index (χ1) is 10.6. The van der Waals surface area contributed by atoms with E-state index in [1.807, 2.05) is 6.92 Å². The van der Waals surface area contributed by atoms with Crippen LogP contribution in [0.15, 0.2) is 12.2 Å². The number of carbonyl (C=O) groups is 2. The van der Waals surface area contributed by atoms with Crippen LogP contribution in [0.4, 0.5) is 0 Å². The number of ether oxygens (including phenoxy) is 1. The maximum atomic E-state index is 10.6. The third-order valence-corrected chi connectivity index (χ3v) is 4.59. The second-order valence-corrected chi connectivity index (χ2v) is 6.45. The molecule has 2 fully saturated rings. The van der Waals surface area contributed by atoms with Gasteiger partial charge in [0.15, 0.2) is 0 Å². The van der Waals surface area contributed by atoms with Gasteiger partial charge in [0.25, 0.3) is 0 Å². The average molecular weight is 329 g/mol. The molecule has 3 atom stereocenters. The Bertz CT molecular complexity index is 430. The summed E-state index contributed by atoms with van der Waals surface area (Å²) in [7, 11) is 0. The second-order valence-electron chi connectivity index (χ2n) is 6.45. The molecule has 1 aliphatic carbocycles. The van der Waals surface area contributed by atoms with Crippen molar-refractivity contribution in [3.63, 3.8) is 0 Å². The average Bonchev–Trinajstić information content (AvgIpc) is 2.48. The monoisotopic (exact) mass is 329 g/mol. The molecule has 1 heterocycles. The Hall–Kier alpha value is -1.44. The molecular weight excluding hydrogens is 302 g/mol. The standard InChI is InChI=1S/C14H25NO2.C2H2O4/c1-11(2)12-4-5-14(3,16)13(10-12)15-6-8-17-9-7-15;3-1(4)2(5)6/h12-13,16H,1,4-10H2,2-3H3;(H,3,4)(H,5,6)/t12?,13?,14-;/m0./s1. The largest absolute Gasteiger partial charge is 0.473 e. The van der Waals surface area contributed by atoms with Crippen LogP contribution in [0.5, 0.6) is 0 Å². The van der Waals surface area contributed by atoms with Gasteiger partial charge in [-0.15, -0.1) is 0 Å². The number of hydrogen-bond donors (Lipinski definition) is 3. The molecule has 2 unspecified atom stereocenters. The van der Waals surface area contributed by atoms with Gasteiger partial charge < -0.3 is 20.1 Å². The smallest absolute Gasteiger partial charge is 0.414 e. The summed E-state index contributed by atoms with van der Waals surface area (Å²) < 4.78 is 5.39. The molecule has 0 radical (unpaired) electrons. The lowest BCUT2D eigenvalue weighted by molar-refractivity contribution is -0.159. The van der Waals surface area contributed by atoms with Crippen molar-refractivity contribution in [1.29, 1.82) is 0 Å². The van der Waals surface area contributed by atoms with Gasteiger partial charge in [0.1, 0.15) is 0 Å². The molecule has 2 rings (SSSR count). The topological polar surface area (TPSA) is 107 Å². The number of carboxylic acids is 2. The SMILES string of the molecule is C=C(C)C1CC[C@](C)(O)C(N2CCOCC2)C1.O=C(O)C(=O)O. The fourth-order valence-corrected chi connectivity index (χ4v) is 3.15. The van der Waals surface area contributed by atoms with E-state index < -0.39 is 17.5 Å². The van der Waals surface area contributed by atoms with E-state index in [0.717, 1.165) is 45.6 Å². The van der Waals surface area contributed by atoms with E-state index in [1.54, 1.807) is 0 Å². The van der Waals surface area contributed by atoms with E-state index in [4.69, 9.17) is 24.5 Å². The van der Waals surface area contributed by atoms with Crippen molar-refractivity contribution in [3.8, 4) is 0 Å². The van der Waals surface area contributed by atoms with Gasteiger partial charge in [-0.2, -0.15) is 0 Å². The molecule has 7 heteroatoms. The van der Waals surface area contributed by atoms with Crippen LogP contribution in [0.3, 0.4) is 0 Å². The van der Waals surface area contributed by atoms with Gasteiger partial charge in [0, 0.05) is 19.1 Å². The molecule has 23 heavy (non-hydrogen) atoms. The Morgan fingerprint density at radius 1 is 1.22 bits per heavy atom. The molecule has 0 aromatic carbocycles. The molecule has 0 amide bonds. The summed E-state index contributed by atoms with van der Waals surface area (Å²) in [6.07, 6.45) is 3.00. The van der Waals surface area contributed by atoms with Crippen LogP contribution < -0.4 is 0 Å². The highest BCUT2D eigenvalue weighted by atomic mass is 16.5. The molecule has 0 bridgehead atoms. The quantitative estimate of drug-likeness (QED) is 0.512. The van der Waals surface area contributed by atoms with Crippen LogP contribution in [0.1, 0.15) is 33.1 Å². The van der Waals surface area contributed by atoms with Crippen molar-refractivity contribution in [1.82, 2.24) is 4.90 Å². The van der Waals surface area contributed by atoms with Gasteiger partial charge in [-0.05, 0) is 39.0 Å². The van der Waals surface area contributed by atoms with Gasteiger partial charge in [-0.25, -0.2) is 9.59 Å². The number of aliphatic carboxylic acids is 2. The van der Waals surface area contributed by atoms with Crippen molar-refractivity contribution in [2.45, 2.75) is 44.8 Å². The summed E-state index contributed by atoms with van der Waals surface area (Å²) in [6, 6.07) is 0.266. The van der Waals surface area contributed by atoms with Gasteiger partial charge in [0.2, 0.25) is 0 Å². The Labute approximate surface area is 136 Å². The van der Waals surface area contributed by atoms with Crippen LogP contribution >= 0.6 is 0 Å². The third-order valence-electron chi connectivity index (χ3n) is 4.59. The first-order valence-corrected chi connectivity index (χ1v) is 7.81. The van der Waals surface area contributed by atoms with E-state index in [2.05, 4.69) is 18.4 Å². The van der Waals surface area contributed by atoms with E-state index in [9.17, 15) is 5.11 Å². The van der Waals surface area contributed by atoms with Crippen LogP contribution in [0.25, 0.3) is 0 Å². The fraction of sp³-hybridized carbons (Fsp3) is 0.750. The molecule has 1 saturated carbocycles. The summed E-state index contributed by atoms with van der Waals surface area (Å²) >= 11 is 0. The van der Waals surface area contributed by atoms with Crippen LogP contribution in [0, 0.1) is 5.92 Å². The minimum absolute atomic E-state index is 0.266. The van der Waals surface area contributed by atoms with Crippen LogP contribution in [-0.4, -0.2) is 70.1 Å². The molecule has 1 saturated heterocycles. The van der Waals surface area contributed by atoms with Crippen molar-refractivity contribution >= 4 is 11.9 Å². The zero-order valence-corrected chi connectivity index (χ0v) is 13.8. The lowest BCUT2D eigenvalue weighted by Gasteiger charge is -2.47. The zero-order chi connectivity index (χ0) is 17.6. The second kappa shape index (κ2) is 8.42. The summed E-state index contributed by atoms with van der Waals surface area (Å²) in [6.45, 7) is 11.7. The molecule has 1 aliphatic heterocycles. The fourth-order valence-electron chi connectivity index (χ4n) is 3.15. The molecule has 3 N–H and O–H groups in total. The maximum Gasteiger partial charge on any atom is 0.414 e. The van der Waals surface area contributed by atoms with E-state index in [0.29, 0.717) is 5.92 Å². The Morgan fingerprint density at radius 3 is 2.17 bits per heavy atom. The van der Waals surface area contributed by atoms with Crippen molar-refractivity contribution in [2.24, 2.45) is 5.92 Å². The molecular formula is C16H27NO6. The number of hydrogen-bond acceptors (Lipinski definition) is 5. The highest BCUT2D eigenvalue weighted by molar-refractivity contribution is 6.27. The number of nitrogens with zero attached hydrogens (tertiary/aromatic N) is 1. The Balaban J connectivity index is 0.000000379. The van der Waals surface area contributed by atoms with Crippen LogP contribution in [0.2, 0.25) is 0 Å². The summed E-state index contributed by atoms with van der Waals surface area (Å²) in [4.78, 5) is 20.6. The highest BCUT2D eigenvalue weighted by Gasteiger charge is 2.41. The molecule has 2 aliphatic rings. The minimum Gasteiger partial charge on any atom is -0.473 e. The summed E-state index contributed by atoms with van der Waals surface area (Å²) in [5, 5.41) is 25.4. The van der Waals surface area contributed by atoms with Crippen LogP contribution in [-0.2, 0) is 14.3 Å². The molecule has 0 aromatic heterocycles. The predicted octanol–water partition coefficient (Wildman–Crippen LogP) is 0.970. The Morgan fingerprint density at radius 2 is 1.74 bits per heavy atom. The van der Waals surface area contributed by atoms with E-state index in [-0.39, 0.29) is 6.04 Å². The number of carboxylic acid groups (broad SMARTS) is 2. The summed E-state index contributed by atoms with van der Waals surface area (Å²) in [5.41, 5.74) is 0.710. The normalized spacial score (nSPS) is 31.6. The van der Waals surface area contributed by atoms with E-state index >= 15 is 0 Å². The molecule has 0 aromatic rings. The lowest BCUT2D eigenvalue weighted by atomic mass is 9.73. The van der Waals surface area contributed by atoms with Gasteiger partial charge >= 0.3 is 11.9 Å². The van der Waals surface area contributed by atoms with Gasteiger partial charge in [-0.1, -0.05) is 12.2 Å². The van der Waals surface area contributed by atoms with Crippen molar-refractivity contribution in [3.05, 3.63) is 12.2 Å². The number of morpholine rings is 1. The third kappa shape index (κ3) is 5.93.